The van der Waals surface area contributed by atoms with Crippen LogP contribution in [0.15, 0.2) is 76.9 Å². The molecule has 0 saturated carbocycles. The van der Waals surface area contributed by atoms with Crippen LogP contribution in [0.4, 0.5) is 5.69 Å². The van der Waals surface area contributed by atoms with Crippen molar-refractivity contribution in [3.8, 4) is 17.1 Å². The van der Waals surface area contributed by atoms with Crippen LogP contribution < -0.4 is 19.6 Å². The lowest BCUT2D eigenvalue weighted by molar-refractivity contribution is -0.385. The summed E-state index contributed by atoms with van der Waals surface area (Å²) < 4.78 is 19.2. The minimum Gasteiger partial charge on any atom is -0.496 e. The molecule has 0 unspecified atom stereocenters. The number of carbonyl (C=O) groups is 1. The highest BCUT2D eigenvalue weighted by Gasteiger charge is 2.33. The summed E-state index contributed by atoms with van der Waals surface area (Å²) in [6.45, 7) is 3.57. The molecule has 14 heteroatoms. The highest BCUT2D eigenvalue weighted by Crippen LogP contribution is 2.38. The number of furan rings is 1. The van der Waals surface area contributed by atoms with Crippen LogP contribution in [0.25, 0.3) is 17.4 Å². The summed E-state index contributed by atoms with van der Waals surface area (Å²) in [6.07, 6.45) is 1.56. The van der Waals surface area contributed by atoms with Crippen LogP contribution in [0, 0.1) is 10.1 Å². The summed E-state index contributed by atoms with van der Waals surface area (Å²) in [7, 11) is 1.55. The molecular weight excluding hydrogens is 718 g/mol. The molecule has 1 atom stereocenters. The van der Waals surface area contributed by atoms with Crippen molar-refractivity contribution in [3.05, 3.63) is 109 Å². The fourth-order valence-electron chi connectivity index (χ4n) is 4.52. The molecule has 10 nitrogen and oxygen atoms in total. The zero-order chi connectivity index (χ0) is 30.3. The molecule has 2 aromatic heterocycles. The van der Waals surface area contributed by atoms with E-state index < -0.39 is 16.9 Å². The van der Waals surface area contributed by atoms with Crippen molar-refractivity contribution in [1.82, 2.24) is 4.57 Å². The zero-order valence-corrected chi connectivity index (χ0v) is 26.9. The van der Waals surface area contributed by atoms with Gasteiger partial charge in [-0.3, -0.25) is 19.5 Å². The number of hydrogen-bond donors (Lipinski definition) is 0. The fourth-order valence-corrected chi connectivity index (χ4v) is 6.70. The number of methoxy groups -OCH3 is 1. The molecule has 1 aliphatic rings. The van der Waals surface area contributed by atoms with E-state index in [1.54, 1.807) is 63.4 Å². The molecule has 4 aromatic rings. The smallest absolute Gasteiger partial charge is 0.338 e. The maximum Gasteiger partial charge on any atom is 0.338 e. The van der Waals surface area contributed by atoms with E-state index >= 15 is 0 Å². The first-order chi connectivity index (χ1) is 20.0. The van der Waals surface area contributed by atoms with Gasteiger partial charge >= 0.3 is 5.97 Å². The summed E-state index contributed by atoms with van der Waals surface area (Å²) in [5.74, 6) is 0.688. The van der Waals surface area contributed by atoms with Gasteiger partial charge in [0.2, 0.25) is 0 Å². The highest BCUT2D eigenvalue weighted by molar-refractivity contribution is 9.11. The molecular formula is C28H20Br2ClN3O7S. The molecule has 42 heavy (non-hydrogen) atoms. The van der Waals surface area contributed by atoms with Gasteiger partial charge in [-0.1, -0.05) is 29.0 Å². The van der Waals surface area contributed by atoms with Gasteiger partial charge in [-0.05, 0) is 81.6 Å². The van der Waals surface area contributed by atoms with Crippen LogP contribution in [0.5, 0.6) is 5.75 Å². The Hall–Kier alpha value is -3.52. The summed E-state index contributed by atoms with van der Waals surface area (Å²) in [6, 6.07) is 10.7. The molecule has 0 fully saturated rings. The Kier molecular flexibility index (Phi) is 8.56. The Morgan fingerprint density at radius 1 is 1.26 bits per heavy atom. The summed E-state index contributed by atoms with van der Waals surface area (Å²) in [5.41, 5.74) is 1.15. The number of esters is 1. The third kappa shape index (κ3) is 5.49. The molecule has 3 heterocycles. The number of hydrogen-bond acceptors (Lipinski definition) is 9. The van der Waals surface area contributed by atoms with Crippen molar-refractivity contribution in [2.45, 2.75) is 19.9 Å². The molecule has 2 aromatic carbocycles. The number of nitro groups is 1. The second kappa shape index (κ2) is 12.0. The third-order valence-corrected chi connectivity index (χ3v) is 9.36. The van der Waals surface area contributed by atoms with Crippen molar-refractivity contribution in [1.29, 1.82) is 0 Å². The lowest BCUT2D eigenvalue weighted by Gasteiger charge is -2.25. The summed E-state index contributed by atoms with van der Waals surface area (Å²) >= 11 is 14.0. The van der Waals surface area contributed by atoms with Crippen molar-refractivity contribution < 1.29 is 23.6 Å². The van der Waals surface area contributed by atoms with E-state index in [9.17, 15) is 19.7 Å². The van der Waals surface area contributed by atoms with E-state index in [1.807, 2.05) is 0 Å². The Morgan fingerprint density at radius 3 is 2.69 bits per heavy atom. The molecule has 216 valence electrons. The average molecular weight is 738 g/mol. The normalized spacial score (nSPS) is 14.9. The van der Waals surface area contributed by atoms with Gasteiger partial charge in [0.1, 0.15) is 21.7 Å². The van der Waals surface area contributed by atoms with Gasteiger partial charge in [0.25, 0.3) is 11.2 Å². The van der Waals surface area contributed by atoms with Crippen LogP contribution >= 0.6 is 54.8 Å². The summed E-state index contributed by atoms with van der Waals surface area (Å²) in [4.78, 5) is 42.8. The van der Waals surface area contributed by atoms with Crippen LogP contribution in [0.1, 0.15) is 31.2 Å². The number of rotatable bonds is 7. The van der Waals surface area contributed by atoms with E-state index in [0.717, 1.165) is 11.3 Å². The second-order valence-electron chi connectivity index (χ2n) is 8.95. The molecule has 0 radical (unpaired) electrons. The average Bonchev–Trinajstić information content (AvgIpc) is 3.53. The molecule has 0 bridgehead atoms. The van der Waals surface area contributed by atoms with Crippen molar-refractivity contribution in [2.24, 2.45) is 4.99 Å². The molecule has 0 N–H and O–H groups in total. The SMILES string of the molecule is CCOC(=O)C1=C(C)N=c2s/c(=C\c3ccc(-c4cc(Cl)c(Br)c([N+](=O)[O-])c4)o3)c(=O)n2[C@H]1c1ccc(OC)c(Br)c1. The first-order valence-corrected chi connectivity index (χ1v) is 15.1. The number of thiazole rings is 1. The van der Waals surface area contributed by atoms with Crippen LogP contribution in [-0.2, 0) is 9.53 Å². The van der Waals surface area contributed by atoms with Gasteiger partial charge in [0.05, 0.1) is 50.0 Å². The number of nitrogens with zero attached hydrogens (tertiary/aromatic N) is 3. The number of ether oxygens (including phenoxy) is 2. The van der Waals surface area contributed by atoms with E-state index in [4.69, 9.17) is 25.5 Å². The number of benzene rings is 2. The monoisotopic (exact) mass is 735 g/mol. The Labute approximate surface area is 264 Å². The van der Waals surface area contributed by atoms with Gasteiger partial charge < -0.3 is 13.9 Å². The lowest BCUT2D eigenvalue weighted by atomic mass is 9.96. The Bertz CT molecular complexity index is 1980. The quantitative estimate of drug-likeness (QED) is 0.127. The number of carbonyl (C=O) groups excluding carboxylic acids is 1. The van der Waals surface area contributed by atoms with E-state index in [-0.39, 0.29) is 32.9 Å². The van der Waals surface area contributed by atoms with Crippen LogP contribution in [-0.4, -0.2) is 29.2 Å². The molecule has 1 aliphatic heterocycles. The number of nitro benzene ring substituents is 1. The highest BCUT2D eigenvalue weighted by atomic mass is 79.9. The lowest BCUT2D eigenvalue weighted by Crippen LogP contribution is -2.39. The predicted octanol–water partition coefficient (Wildman–Crippen LogP) is 6.15. The largest absolute Gasteiger partial charge is 0.496 e. The van der Waals surface area contributed by atoms with Gasteiger partial charge in [0.15, 0.2) is 4.80 Å². The molecule has 0 amide bonds. The van der Waals surface area contributed by atoms with E-state index in [0.29, 0.717) is 47.9 Å². The number of allylic oxidation sites excluding steroid dienone is 1. The van der Waals surface area contributed by atoms with Crippen LogP contribution in [0.3, 0.4) is 0 Å². The number of halogens is 3. The molecule has 0 spiro atoms. The maximum atomic E-state index is 13.9. The Balaban J connectivity index is 1.63. The Morgan fingerprint density at radius 2 is 2.02 bits per heavy atom. The third-order valence-electron chi connectivity index (χ3n) is 6.40. The standard InChI is InChI=1S/C28H20Br2ClN3O7S/c1-4-40-27(36)23-13(2)32-28-33(25(23)14-5-7-21(39-3)17(29)9-14)26(35)22(42-28)12-16-6-8-20(41-16)15-10-18(31)24(30)19(11-15)34(37)38/h5-12,25H,4H2,1-3H3/b22-12-/t25-/m0/s1. The minimum absolute atomic E-state index is 0.156. The maximum absolute atomic E-state index is 13.9. The zero-order valence-electron chi connectivity index (χ0n) is 22.1. The van der Waals surface area contributed by atoms with Gasteiger partial charge in [-0.2, -0.15) is 0 Å². The van der Waals surface area contributed by atoms with Gasteiger partial charge in [-0.25, -0.2) is 9.79 Å². The fraction of sp³-hybridized carbons (Fsp3) is 0.179. The molecule has 0 aliphatic carbocycles. The minimum atomic E-state index is -0.803. The van der Waals surface area contributed by atoms with E-state index in [1.165, 1.54) is 10.6 Å². The number of fused-ring (bicyclic) bond motifs is 1. The van der Waals surface area contributed by atoms with Crippen molar-refractivity contribution in [3.63, 3.8) is 0 Å². The first-order valence-electron chi connectivity index (χ1n) is 12.3. The van der Waals surface area contributed by atoms with Crippen molar-refractivity contribution in [2.75, 3.05) is 13.7 Å². The van der Waals surface area contributed by atoms with Gasteiger partial charge in [0, 0.05) is 17.7 Å². The summed E-state index contributed by atoms with van der Waals surface area (Å²) in [5, 5.41) is 11.6. The van der Waals surface area contributed by atoms with Crippen molar-refractivity contribution >= 4 is 72.5 Å². The number of aromatic nitrogens is 1. The van der Waals surface area contributed by atoms with Crippen LogP contribution in [0.2, 0.25) is 5.02 Å². The molecule has 0 saturated heterocycles. The first kappa shape index (κ1) is 30.0. The molecule has 5 rings (SSSR count). The second-order valence-corrected chi connectivity index (χ2v) is 12.0. The van der Waals surface area contributed by atoms with E-state index in [2.05, 4.69) is 36.9 Å². The topological polar surface area (TPSA) is 126 Å². The van der Waals surface area contributed by atoms with Gasteiger partial charge in [-0.15, -0.1) is 0 Å². The predicted molar refractivity (Wildman–Crippen MR) is 165 cm³/mol.